The minimum absolute atomic E-state index is 0.0795. The number of sulfonamides is 1. The van der Waals surface area contributed by atoms with Crippen LogP contribution in [0.4, 0.5) is 5.69 Å². The number of nitrogens with zero attached hydrogens (tertiary/aromatic N) is 3. The van der Waals surface area contributed by atoms with Crippen molar-refractivity contribution in [1.82, 2.24) is 14.9 Å². The van der Waals surface area contributed by atoms with Gasteiger partial charge in [-0.15, -0.1) is 0 Å². The molecule has 1 fully saturated rings. The molecule has 2 N–H and O–H groups in total. The first-order valence-electron chi connectivity index (χ1n) is 11.4. The highest BCUT2D eigenvalue weighted by Gasteiger charge is 2.37. The summed E-state index contributed by atoms with van der Waals surface area (Å²) in [7, 11) is -3.89. The van der Waals surface area contributed by atoms with Crippen LogP contribution in [0.2, 0.25) is 5.02 Å². The highest BCUT2D eigenvalue weighted by molar-refractivity contribution is 7.93. The normalized spacial score (nSPS) is 15.6. The van der Waals surface area contributed by atoms with Crippen LogP contribution in [-0.4, -0.2) is 47.4 Å². The molecule has 0 spiro atoms. The van der Waals surface area contributed by atoms with Gasteiger partial charge < -0.3 is 10.0 Å². The number of nitrogens with one attached hydrogen (secondary N) is 1. The van der Waals surface area contributed by atoms with Gasteiger partial charge in [-0.1, -0.05) is 29.8 Å². The first-order chi connectivity index (χ1) is 17.3. The molecule has 36 heavy (non-hydrogen) atoms. The van der Waals surface area contributed by atoms with Gasteiger partial charge in [0.25, 0.3) is 15.9 Å². The molecule has 1 saturated heterocycles. The zero-order valence-electron chi connectivity index (χ0n) is 19.1. The first kappa shape index (κ1) is 24.2. The Hall–Kier alpha value is -3.53. The van der Waals surface area contributed by atoms with E-state index in [0.717, 1.165) is 5.39 Å². The third-order valence-corrected chi connectivity index (χ3v) is 8.13. The van der Waals surface area contributed by atoms with Gasteiger partial charge in [-0.2, -0.15) is 0 Å². The molecule has 1 aliphatic rings. The van der Waals surface area contributed by atoms with E-state index in [1.54, 1.807) is 71.9 Å². The number of para-hydroxylation sites is 1. The van der Waals surface area contributed by atoms with Crippen molar-refractivity contribution in [1.29, 1.82) is 0 Å². The van der Waals surface area contributed by atoms with Crippen molar-refractivity contribution < 1.29 is 18.3 Å². The standard InChI is InChI=1S/C26H23ClN4O4S/c27-22-17-28-14-10-21(22)26(33)11-15-31(16-12-26)25(32)19-6-8-20(9-7-19)30-36(34,35)23-5-1-3-18-4-2-13-29-24(18)23/h1-10,13-14,17,30,33H,11-12,15-16H2. The highest BCUT2D eigenvalue weighted by atomic mass is 35.5. The van der Waals surface area contributed by atoms with Gasteiger partial charge in [0.05, 0.1) is 16.1 Å². The molecule has 184 valence electrons. The van der Waals surface area contributed by atoms with Crippen LogP contribution in [0.25, 0.3) is 10.9 Å². The largest absolute Gasteiger partial charge is 0.385 e. The number of benzene rings is 2. The lowest BCUT2D eigenvalue weighted by atomic mass is 9.84. The number of carbonyl (C=O) groups excluding carboxylic acids is 1. The summed E-state index contributed by atoms with van der Waals surface area (Å²) in [5.74, 6) is -0.189. The average Bonchev–Trinajstić information content (AvgIpc) is 2.89. The second-order valence-corrected chi connectivity index (χ2v) is 10.8. The maximum absolute atomic E-state index is 13.0. The molecule has 0 unspecified atom stereocenters. The molecule has 1 amide bonds. The predicted molar refractivity (Wildman–Crippen MR) is 137 cm³/mol. The molecular weight excluding hydrogens is 500 g/mol. The zero-order valence-corrected chi connectivity index (χ0v) is 20.7. The van der Waals surface area contributed by atoms with Crippen molar-refractivity contribution in [2.75, 3.05) is 17.8 Å². The number of amides is 1. The Bertz CT molecular complexity index is 1530. The molecular formula is C26H23ClN4O4S. The third kappa shape index (κ3) is 4.65. The monoisotopic (exact) mass is 522 g/mol. The fourth-order valence-corrected chi connectivity index (χ4v) is 6.00. The maximum Gasteiger partial charge on any atom is 0.264 e. The van der Waals surface area contributed by atoms with Crippen LogP contribution >= 0.6 is 11.6 Å². The second kappa shape index (κ2) is 9.50. The summed E-state index contributed by atoms with van der Waals surface area (Å²) >= 11 is 6.22. The molecule has 4 aromatic rings. The summed E-state index contributed by atoms with van der Waals surface area (Å²) in [6, 6.07) is 16.5. The summed E-state index contributed by atoms with van der Waals surface area (Å²) in [4.78, 5) is 23.0. The molecule has 2 aromatic heterocycles. The molecule has 5 rings (SSSR count). The molecule has 0 aliphatic carbocycles. The quantitative estimate of drug-likeness (QED) is 0.406. The highest BCUT2D eigenvalue weighted by Crippen LogP contribution is 2.36. The Morgan fingerprint density at radius 2 is 1.72 bits per heavy atom. The van der Waals surface area contributed by atoms with E-state index < -0.39 is 15.6 Å². The van der Waals surface area contributed by atoms with E-state index in [9.17, 15) is 18.3 Å². The number of hydrogen-bond acceptors (Lipinski definition) is 6. The van der Waals surface area contributed by atoms with Gasteiger partial charge in [0.1, 0.15) is 4.90 Å². The van der Waals surface area contributed by atoms with Crippen LogP contribution in [0.5, 0.6) is 0 Å². The SMILES string of the molecule is O=C(c1ccc(NS(=O)(=O)c2cccc3cccnc23)cc1)N1CCC(O)(c2ccncc2Cl)CC1. The summed E-state index contributed by atoms with van der Waals surface area (Å²) in [6.07, 6.45) is 5.33. The lowest BCUT2D eigenvalue weighted by Crippen LogP contribution is -2.45. The zero-order chi connectivity index (χ0) is 25.3. The lowest BCUT2D eigenvalue weighted by molar-refractivity contribution is -0.0211. The number of aliphatic hydroxyl groups is 1. The molecule has 0 radical (unpaired) electrons. The molecule has 3 heterocycles. The summed E-state index contributed by atoms with van der Waals surface area (Å²) < 4.78 is 28.6. The number of likely N-dealkylation sites (tertiary alicyclic amines) is 1. The fraction of sp³-hybridized carbons (Fsp3) is 0.192. The Morgan fingerprint density at radius 1 is 1.00 bits per heavy atom. The molecule has 0 saturated carbocycles. The Balaban J connectivity index is 1.27. The summed E-state index contributed by atoms with van der Waals surface area (Å²) in [5.41, 5.74) is 0.647. The van der Waals surface area contributed by atoms with Crippen molar-refractivity contribution in [3.8, 4) is 0 Å². The Morgan fingerprint density at radius 3 is 2.44 bits per heavy atom. The van der Waals surface area contributed by atoms with Crippen molar-refractivity contribution in [3.05, 3.63) is 95.4 Å². The van der Waals surface area contributed by atoms with Gasteiger partial charge in [0.2, 0.25) is 0 Å². The fourth-order valence-electron chi connectivity index (χ4n) is 4.47. The first-order valence-corrected chi connectivity index (χ1v) is 13.2. The van der Waals surface area contributed by atoms with E-state index in [2.05, 4.69) is 14.7 Å². The van der Waals surface area contributed by atoms with Gasteiger partial charge in [-0.3, -0.25) is 19.5 Å². The van der Waals surface area contributed by atoms with Gasteiger partial charge >= 0.3 is 0 Å². The number of pyridine rings is 2. The lowest BCUT2D eigenvalue weighted by Gasteiger charge is -2.38. The van der Waals surface area contributed by atoms with Crippen molar-refractivity contribution in [2.24, 2.45) is 0 Å². The van der Waals surface area contributed by atoms with E-state index in [-0.39, 0.29) is 10.8 Å². The van der Waals surface area contributed by atoms with E-state index in [0.29, 0.717) is 53.3 Å². The number of rotatable bonds is 5. The van der Waals surface area contributed by atoms with Gasteiger partial charge in [0, 0.05) is 53.9 Å². The van der Waals surface area contributed by atoms with Gasteiger partial charge in [0.15, 0.2) is 0 Å². The van der Waals surface area contributed by atoms with Crippen LogP contribution in [0.1, 0.15) is 28.8 Å². The molecule has 2 aromatic carbocycles. The summed E-state index contributed by atoms with van der Waals surface area (Å²) in [5, 5.41) is 12.2. The topological polar surface area (TPSA) is 112 Å². The Kier molecular flexibility index (Phi) is 6.38. The number of aromatic nitrogens is 2. The van der Waals surface area contributed by atoms with Crippen molar-refractivity contribution in [3.63, 3.8) is 0 Å². The van der Waals surface area contributed by atoms with Crippen LogP contribution in [-0.2, 0) is 15.6 Å². The number of piperidine rings is 1. The van der Waals surface area contributed by atoms with Crippen LogP contribution in [0.15, 0.2) is 84.1 Å². The van der Waals surface area contributed by atoms with E-state index in [1.807, 2.05) is 0 Å². The minimum Gasteiger partial charge on any atom is -0.385 e. The van der Waals surface area contributed by atoms with E-state index >= 15 is 0 Å². The van der Waals surface area contributed by atoms with E-state index in [1.165, 1.54) is 12.3 Å². The van der Waals surface area contributed by atoms with Crippen molar-refractivity contribution in [2.45, 2.75) is 23.3 Å². The van der Waals surface area contributed by atoms with Crippen LogP contribution in [0, 0.1) is 0 Å². The second-order valence-electron chi connectivity index (χ2n) is 8.69. The molecule has 0 atom stereocenters. The molecule has 1 aliphatic heterocycles. The minimum atomic E-state index is -3.89. The third-order valence-electron chi connectivity index (χ3n) is 6.42. The maximum atomic E-state index is 13.0. The van der Waals surface area contributed by atoms with Crippen LogP contribution < -0.4 is 4.72 Å². The molecule has 0 bridgehead atoms. The number of hydrogen-bond donors (Lipinski definition) is 2. The number of anilines is 1. The van der Waals surface area contributed by atoms with Crippen molar-refractivity contribution >= 4 is 44.1 Å². The average molecular weight is 523 g/mol. The van der Waals surface area contributed by atoms with Gasteiger partial charge in [-0.25, -0.2) is 8.42 Å². The number of fused-ring (bicyclic) bond motifs is 1. The number of carbonyl (C=O) groups is 1. The summed E-state index contributed by atoms with van der Waals surface area (Å²) in [6.45, 7) is 0.715. The predicted octanol–water partition coefficient (Wildman–Crippen LogP) is 4.21. The molecule has 10 heteroatoms. The van der Waals surface area contributed by atoms with Crippen LogP contribution in [0.3, 0.4) is 0 Å². The number of halogens is 1. The Labute approximate surface area is 213 Å². The van der Waals surface area contributed by atoms with Gasteiger partial charge in [-0.05, 0) is 55.3 Å². The smallest absolute Gasteiger partial charge is 0.264 e. The molecule has 8 nitrogen and oxygen atoms in total. The van der Waals surface area contributed by atoms with E-state index in [4.69, 9.17) is 11.6 Å².